The Morgan fingerprint density at radius 1 is 1.36 bits per heavy atom. The van der Waals surface area contributed by atoms with Crippen LogP contribution in [0.25, 0.3) is 5.76 Å². The number of aliphatic hydroxyl groups is 1. The Morgan fingerprint density at radius 3 is 2.57 bits per heavy atom. The molecule has 0 aromatic heterocycles. The van der Waals surface area contributed by atoms with Crippen LogP contribution >= 0.6 is 0 Å². The smallest absolute Gasteiger partial charge is 0.212 e. The van der Waals surface area contributed by atoms with E-state index in [0.717, 1.165) is 0 Å². The maximum Gasteiger partial charge on any atom is 0.212 e. The fraction of sp³-hybridized carbons (Fsp3) is 0.200. The molecule has 0 bridgehead atoms. The van der Waals surface area contributed by atoms with Gasteiger partial charge in [-0.25, -0.2) is 4.79 Å². The summed E-state index contributed by atoms with van der Waals surface area (Å²) in [6.07, 6.45) is 0. The predicted molar refractivity (Wildman–Crippen MR) is 51.3 cm³/mol. The molecule has 0 radical (unpaired) electrons. The maximum atomic E-state index is 10.2. The first kappa shape index (κ1) is 10.2. The van der Waals surface area contributed by atoms with Gasteiger partial charge in [-0.1, -0.05) is 0 Å². The number of methoxy groups -OCH3 is 2. The van der Waals surface area contributed by atoms with Gasteiger partial charge in [0.15, 0.2) is 5.94 Å². The molecule has 14 heavy (non-hydrogen) atoms. The van der Waals surface area contributed by atoms with Gasteiger partial charge < -0.3 is 14.6 Å². The SMILES string of the molecule is COc1ccc(C(O)=C=O)c(OC)c1. The second-order valence-corrected chi connectivity index (χ2v) is 2.52. The third-order valence-electron chi connectivity index (χ3n) is 1.76. The summed E-state index contributed by atoms with van der Waals surface area (Å²) < 4.78 is 9.93. The van der Waals surface area contributed by atoms with Crippen LogP contribution in [0.1, 0.15) is 5.56 Å². The Bertz CT molecular complexity index is 378. The van der Waals surface area contributed by atoms with Crippen LogP contribution < -0.4 is 9.47 Å². The van der Waals surface area contributed by atoms with Crippen molar-refractivity contribution in [2.75, 3.05) is 14.2 Å². The quantitative estimate of drug-likeness (QED) is 0.584. The minimum atomic E-state index is -0.482. The van der Waals surface area contributed by atoms with Crippen LogP contribution in [0.15, 0.2) is 18.2 Å². The van der Waals surface area contributed by atoms with Crippen molar-refractivity contribution in [2.24, 2.45) is 0 Å². The van der Waals surface area contributed by atoms with Gasteiger partial charge >= 0.3 is 0 Å². The summed E-state index contributed by atoms with van der Waals surface area (Å²) in [5.74, 6) is 1.87. The van der Waals surface area contributed by atoms with Gasteiger partial charge in [-0.3, -0.25) is 0 Å². The lowest BCUT2D eigenvalue weighted by atomic mass is 10.1. The fourth-order valence-electron chi connectivity index (χ4n) is 1.05. The van der Waals surface area contributed by atoms with Crippen LogP contribution in [-0.2, 0) is 4.79 Å². The van der Waals surface area contributed by atoms with Gasteiger partial charge in [0, 0.05) is 6.07 Å². The number of hydrogen-bond donors (Lipinski definition) is 1. The zero-order valence-corrected chi connectivity index (χ0v) is 7.90. The van der Waals surface area contributed by atoms with Crippen molar-refractivity contribution in [3.63, 3.8) is 0 Å². The highest BCUT2D eigenvalue weighted by atomic mass is 16.5. The second kappa shape index (κ2) is 4.35. The van der Waals surface area contributed by atoms with Crippen LogP contribution in [0.3, 0.4) is 0 Å². The van der Waals surface area contributed by atoms with Crippen molar-refractivity contribution in [3.05, 3.63) is 23.8 Å². The molecule has 0 fully saturated rings. The zero-order valence-electron chi connectivity index (χ0n) is 7.90. The Morgan fingerprint density at radius 2 is 2.07 bits per heavy atom. The maximum absolute atomic E-state index is 10.2. The summed E-state index contributed by atoms with van der Waals surface area (Å²) in [4.78, 5) is 10.2. The Kier molecular flexibility index (Phi) is 3.15. The van der Waals surface area contributed by atoms with Crippen molar-refractivity contribution in [1.29, 1.82) is 0 Å². The average Bonchev–Trinajstić information content (AvgIpc) is 2.27. The van der Waals surface area contributed by atoms with Crippen molar-refractivity contribution in [1.82, 2.24) is 0 Å². The van der Waals surface area contributed by atoms with Crippen LogP contribution in [0.2, 0.25) is 0 Å². The van der Waals surface area contributed by atoms with Gasteiger partial charge in [0.25, 0.3) is 0 Å². The van der Waals surface area contributed by atoms with E-state index in [9.17, 15) is 9.90 Å². The van der Waals surface area contributed by atoms with Crippen LogP contribution in [0.5, 0.6) is 11.5 Å². The van der Waals surface area contributed by atoms with Crippen molar-refractivity contribution in [2.45, 2.75) is 0 Å². The Labute approximate surface area is 81.4 Å². The summed E-state index contributed by atoms with van der Waals surface area (Å²) in [7, 11) is 2.96. The van der Waals surface area contributed by atoms with Crippen molar-refractivity contribution < 1.29 is 19.4 Å². The molecular weight excluding hydrogens is 184 g/mol. The molecule has 0 aliphatic rings. The first-order valence-electron chi connectivity index (χ1n) is 3.89. The lowest BCUT2D eigenvalue weighted by Gasteiger charge is -2.07. The number of benzene rings is 1. The number of hydrogen-bond acceptors (Lipinski definition) is 4. The molecule has 1 rings (SSSR count). The van der Waals surface area contributed by atoms with E-state index in [0.29, 0.717) is 17.1 Å². The number of rotatable bonds is 3. The van der Waals surface area contributed by atoms with Gasteiger partial charge in [0.05, 0.1) is 19.8 Å². The number of ether oxygens (including phenoxy) is 2. The highest BCUT2D eigenvalue weighted by molar-refractivity contribution is 5.84. The summed E-state index contributed by atoms with van der Waals surface area (Å²) in [6, 6.07) is 4.71. The predicted octanol–water partition coefficient (Wildman–Crippen LogP) is 1.43. The molecule has 74 valence electrons. The van der Waals surface area contributed by atoms with Crippen LogP contribution in [-0.4, -0.2) is 25.3 Å². The molecule has 0 unspecified atom stereocenters. The summed E-state index contributed by atoms with van der Waals surface area (Å²) in [5, 5.41) is 9.18. The topological polar surface area (TPSA) is 55.8 Å². The molecule has 0 aliphatic heterocycles. The van der Waals surface area contributed by atoms with Gasteiger partial charge in [-0.2, -0.15) is 0 Å². The van der Waals surface area contributed by atoms with E-state index >= 15 is 0 Å². The molecule has 0 amide bonds. The molecule has 0 saturated carbocycles. The molecule has 0 aliphatic carbocycles. The van der Waals surface area contributed by atoms with Crippen LogP contribution in [0.4, 0.5) is 0 Å². The summed E-state index contributed by atoms with van der Waals surface area (Å²) in [5.41, 5.74) is 0.295. The lowest BCUT2D eigenvalue weighted by Crippen LogP contribution is -1.93. The first-order valence-corrected chi connectivity index (χ1v) is 3.89. The lowest BCUT2D eigenvalue weighted by molar-refractivity contribution is 0.391. The van der Waals surface area contributed by atoms with Crippen molar-refractivity contribution >= 4 is 11.7 Å². The van der Waals surface area contributed by atoms with Gasteiger partial charge in [0.1, 0.15) is 11.5 Å². The van der Waals surface area contributed by atoms with E-state index in [1.165, 1.54) is 26.2 Å². The van der Waals surface area contributed by atoms with E-state index < -0.39 is 5.76 Å². The minimum Gasteiger partial charge on any atom is -0.498 e. The molecule has 1 aromatic carbocycles. The molecule has 1 N–H and O–H groups in total. The van der Waals surface area contributed by atoms with E-state index in [-0.39, 0.29) is 0 Å². The average molecular weight is 194 g/mol. The molecule has 0 atom stereocenters. The van der Waals surface area contributed by atoms with Crippen molar-refractivity contribution in [3.8, 4) is 11.5 Å². The number of carbonyl (C=O) groups excluding carboxylic acids is 1. The Hall–Kier alpha value is -1.93. The second-order valence-electron chi connectivity index (χ2n) is 2.52. The zero-order chi connectivity index (χ0) is 10.6. The van der Waals surface area contributed by atoms with E-state index in [1.807, 2.05) is 0 Å². The third kappa shape index (κ3) is 1.87. The standard InChI is InChI=1S/C10H10O4/c1-13-7-3-4-8(9(12)6-11)10(5-7)14-2/h3-5,12H,1-2H3. The first-order chi connectivity index (χ1) is 6.72. The molecule has 0 spiro atoms. The largest absolute Gasteiger partial charge is 0.498 e. The molecule has 1 aromatic rings. The van der Waals surface area contributed by atoms with Gasteiger partial charge in [-0.15, -0.1) is 0 Å². The molecule has 4 heteroatoms. The molecule has 0 heterocycles. The normalized spacial score (nSPS) is 9.00. The molecular formula is C10H10O4. The highest BCUT2D eigenvalue weighted by Gasteiger charge is 2.09. The monoisotopic (exact) mass is 194 g/mol. The summed E-state index contributed by atoms with van der Waals surface area (Å²) >= 11 is 0. The minimum absolute atomic E-state index is 0.295. The molecule has 0 saturated heterocycles. The fourth-order valence-corrected chi connectivity index (χ4v) is 1.05. The van der Waals surface area contributed by atoms with Gasteiger partial charge in [0.2, 0.25) is 5.76 Å². The highest BCUT2D eigenvalue weighted by Crippen LogP contribution is 2.27. The van der Waals surface area contributed by atoms with Crippen LogP contribution in [0, 0.1) is 0 Å². The Balaban J connectivity index is 3.25. The van der Waals surface area contributed by atoms with E-state index in [1.54, 1.807) is 12.1 Å². The summed E-state index contributed by atoms with van der Waals surface area (Å²) in [6.45, 7) is 0. The van der Waals surface area contributed by atoms with E-state index in [4.69, 9.17) is 9.47 Å². The van der Waals surface area contributed by atoms with Gasteiger partial charge in [-0.05, 0) is 12.1 Å². The molecule has 4 nitrogen and oxygen atoms in total. The number of aliphatic hydroxyl groups excluding tert-OH is 1. The van der Waals surface area contributed by atoms with E-state index in [2.05, 4.69) is 0 Å². The third-order valence-corrected chi connectivity index (χ3v) is 1.76.